The van der Waals surface area contributed by atoms with Crippen molar-refractivity contribution in [1.82, 2.24) is 14.9 Å². The predicted octanol–water partition coefficient (Wildman–Crippen LogP) is 4.65. The third-order valence-electron chi connectivity index (χ3n) is 4.65. The lowest BCUT2D eigenvalue weighted by Crippen LogP contribution is -2.31. The molecule has 2 heterocycles. The molecule has 4 rings (SSSR count). The van der Waals surface area contributed by atoms with E-state index in [2.05, 4.69) is 10.3 Å². The molecule has 1 N–H and O–H groups in total. The molecule has 0 bridgehead atoms. The highest BCUT2D eigenvalue weighted by Crippen LogP contribution is 2.31. The molecular weight excluding hydrogens is 362 g/mol. The van der Waals surface area contributed by atoms with Crippen molar-refractivity contribution in [3.8, 4) is 0 Å². The quantitative estimate of drug-likeness (QED) is 0.561. The zero-order chi connectivity index (χ0) is 19.0. The van der Waals surface area contributed by atoms with E-state index in [1.807, 2.05) is 67.2 Å². The summed E-state index contributed by atoms with van der Waals surface area (Å²) in [4.78, 5) is 17.5. The van der Waals surface area contributed by atoms with Crippen LogP contribution >= 0.6 is 11.6 Å². The number of nitrogens with zero attached hydrogens (tertiary/aromatic N) is 2. The molecule has 1 unspecified atom stereocenters. The molecule has 2 aromatic carbocycles. The lowest BCUT2D eigenvalue weighted by atomic mass is 10.1. The van der Waals surface area contributed by atoms with Crippen molar-refractivity contribution >= 4 is 28.5 Å². The van der Waals surface area contributed by atoms with Gasteiger partial charge in [0.2, 0.25) is 0 Å². The van der Waals surface area contributed by atoms with Crippen LogP contribution in [0, 0.1) is 6.92 Å². The highest BCUT2D eigenvalue weighted by Gasteiger charge is 2.25. The monoisotopic (exact) mass is 379 g/mol. The van der Waals surface area contributed by atoms with E-state index in [0.717, 1.165) is 22.3 Å². The second-order valence-corrected chi connectivity index (χ2v) is 6.79. The Labute approximate surface area is 161 Å². The fourth-order valence-electron chi connectivity index (χ4n) is 3.22. The molecular formula is C21H18ClN3O2. The summed E-state index contributed by atoms with van der Waals surface area (Å²) < 4.78 is 7.69. The first-order valence-corrected chi connectivity index (χ1v) is 8.94. The van der Waals surface area contributed by atoms with Gasteiger partial charge in [-0.3, -0.25) is 4.79 Å². The van der Waals surface area contributed by atoms with Crippen molar-refractivity contribution in [2.75, 3.05) is 0 Å². The van der Waals surface area contributed by atoms with Crippen molar-refractivity contribution in [3.63, 3.8) is 0 Å². The van der Waals surface area contributed by atoms with Gasteiger partial charge in [0, 0.05) is 30.4 Å². The highest BCUT2D eigenvalue weighted by molar-refractivity contribution is 6.35. The summed E-state index contributed by atoms with van der Waals surface area (Å²) in [5.74, 6) is 0.686. The number of para-hydroxylation sites is 1. The van der Waals surface area contributed by atoms with Gasteiger partial charge in [-0.15, -0.1) is 0 Å². The number of benzene rings is 2. The Bertz CT molecular complexity index is 1120. The largest absolute Gasteiger partial charge is 0.449 e. The summed E-state index contributed by atoms with van der Waals surface area (Å²) in [5.41, 5.74) is 2.22. The van der Waals surface area contributed by atoms with Crippen LogP contribution in [0.2, 0.25) is 5.02 Å². The molecule has 0 aliphatic rings. The third-order valence-corrected chi connectivity index (χ3v) is 4.94. The highest BCUT2D eigenvalue weighted by atomic mass is 35.5. The Morgan fingerprint density at radius 3 is 2.63 bits per heavy atom. The minimum atomic E-state index is -0.401. The second kappa shape index (κ2) is 6.93. The van der Waals surface area contributed by atoms with Crippen LogP contribution in [0.3, 0.4) is 0 Å². The van der Waals surface area contributed by atoms with Gasteiger partial charge >= 0.3 is 0 Å². The average molecular weight is 380 g/mol. The first-order chi connectivity index (χ1) is 13.1. The number of imidazole rings is 1. The van der Waals surface area contributed by atoms with Crippen molar-refractivity contribution in [2.45, 2.75) is 13.0 Å². The number of nitrogens with one attached hydrogen (secondary N) is 1. The fraction of sp³-hybridized carbons (Fsp3) is 0.143. The average Bonchev–Trinajstić information content (AvgIpc) is 3.25. The molecule has 136 valence electrons. The minimum absolute atomic E-state index is 0.258. The lowest BCUT2D eigenvalue weighted by molar-refractivity contribution is 0.0914. The van der Waals surface area contributed by atoms with Crippen LogP contribution in [0.5, 0.6) is 0 Å². The number of rotatable bonds is 4. The summed E-state index contributed by atoms with van der Waals surface area (Å²) in [7, 11) is 1.90. The van der Waals surface area contributed by atoms with E-state index in [1.165, 1.54) is 0 Å². The maximum Gasteiger partial charge on any atom is 0.288 e. The molecule has 1 amide bonds. The Morgan fingerprint density at radius 2 is 1.96 bits per heavy atom. The molecule has 6 heteroatoms. The zero-order valence-corrected chi connectivity index (χ0v) is 15.7. The maximum absolute atomic E-state index is 13.1. The first kappa shape index (κ1) is 17.4. The second-order valence-electron chi connectivity index (χ2n) is 6.39. The fourth-order valence-corrected chi connectivity index (χ4v) is 3.43. The van der Waals surface area contributed by atoms with Crippen LogP contribution in [0.4, 0.5) is 0 Å². The normalized spacial score (nSPS) is 12.3. The molecule has 0 saturated heterocycles. The predicted molar refractivity (Wildman–Crippen MR) is 105 cm³/mol. The molecule has 0 aliphatic heterocycles. The van der Waals surface area contributed by atoms with Gasteiger partial charge in [-0.1, -0.05) is 54.1 Å². The van der Waals surface area contributed by atoms with E-state index in [9.17, 15) is 4.79 Å². The molecule has 0 aliphatic carbocycles. The van der Waals surface area contributed by atoms with Gasteiger partial charge in [0.15, 0.2) is 11.3 Å². The van der Waals surface area contributed by atoms with E-state index in [1.54, 1.807) is 12.3 Å². The number of fused-ring (bicyclic) bond motifs is 1. The van der Waals surface area contributed by atoms with Crippen LogP contribution in [-0.2, 0) is 7.05 Å². The van der Waals surface area contributed by atoms with Gasteiger partial charge in [-0.05, 0) is 18.6 Å². The van der Waals surface area contributed by atoms with Crippen LogP contribution in [-0.4, -0.2) is 15.5 Å². The molecule has 4 aromatic rings. The number of aryl methyl sites for hydroxylation is 2. The van der Waals surface area contributed by atoms with Crippen molar-refractivity contribution in [1.29, 1.82) is 0 Å². The van der Waals surface area contributed by atoms with Gasteiger partial charge < -0.3 is 14.3 Å². The van der Waals surface area contributed by atoms with E-state index in [4.69, 9.17) is 16.0 Å². The number of amides is 1. The Kier molecular flexibility index (Phi) is 4.46. The topological polar surface area (TPSA) is 60.1 Å². The van der Waals surface area contributed by atoms with Gasteiger partial charge in [0.1, 0.15) is 11.9 Å². The Balaban J connectivity index is 1.74. The molecule has 0 saturated carbocycles. The molecule has 1 atom stereocenters. The summed E-state index contributed by atoms with van der Waals surface area (Å²) in [6.45, 7) is 1.86. The van der Waals surface area contributed by atoms with Crippen LogP contribution in [0.1, 0.15) is 33.5 Å². The Hall–Kier alpha value is -3.05. The number of hydrogen-bond acceptors (Lipinski definition) is 3. The first-order valence-electron chi connectivity index (χ1n) is 8.57. The van der Waals surface area contributed by atoms with Gasteiger partial charge in [0.25, 0.3) is 5.91 Å². The molecule has 2 aromatic heterocycles. The van der Waals surface area contributed by atoms with Crippen molar-refractivity contribution < 1.29 is 9.21 Å². The number of hydrogen-bond donors (Lipinski definition) is 1. The smallest absolute Gasteiger partial charge is 0.288 e. The number of halogens is 1. The van der Waals surface area contributed by atoms with Gasteiger partial charge in [-0.2, -0.15) is 0 Å². The van der Waals surface area contributed by atoms with Crippen LogP contribution in [0.15, 0.2) is 65.3 Å². The SMILES string of the molecule is Cc1c(C(=O)NC(c2ccccc2)c2nccn2C)oc2c(Cl)cccc12. The Morgan fingerprint density at radius 1 is 1.19 bits per heavy atom. The van der Waals surface area contributed by atoms with Gasteiger partial charge in [0.05, 0.1) is 5.02 Å². The van der Waals surface area contributed by atoms with Gasteiger partial charge in [-0.25, -0.2) is 4.98 Å². The minimum Gasteiger partial charge on any atom is -0.449 e. The molecule has 0 spiro atoms. The number of carbonyl (C=O) groups excluding carboxylic acids is 1. The maximum atomic E-state index is 13.1. The van der Waals surface area contributed by atoms with Crippen LogP contribution in [0.25, 0.3) is 11.0 Å². The molecule has 0 fully saturated rings. The summed E-state index contributed by atoms with van der Waals surface area (Å²) in [6, 6.07) is 14.8. The number of carbonyl (C=O) groups is 1. The third kappa shape index (κ3) is 3.11. The van der Waals surface area contributed by atoms with E-state index in [-0.39, 0.29) is 11.7 Å². The number of furan rings is 1. The van der Waals surface area contributed by atoms with E-state index in [0.29, 0.717) is 10.6 Å². The van der Waals surface area contributed by atoms with Crippen LogP contribution < -0.4 is 5.32 Å². The van der Waals surface area contributed by atoms with Crippen molar-refractivity contribution in [2.24, 2.45) is 7.05 Å². The lowest BCUT2D eigenvalue weighted by Gasteiger charge is -2.18. The van der Waals surface area contributed by atoms with E-state index < -0.39 is 6.04 Å². The van der Waals surface area contributed by atoms with E-state index >= 15 is 0 Å². The molecule has 0 radical (unpaired) electrons. The van der Waals surface area contributed by atoms with Crippen molar-refractivity contribution in [3.05, 3.63) is 88.7 Å². The summed E-state index contributed by atoms with van der Waals surface area (Å²) >= 11 is 6.21. The standard InChI is InChI=1S/C21H18ClN3O2/c1-13-15-9-6-10-16(22)19(15)27-18(13)21(26)24-17(14-7-4-3-5-8-14)20-23-11-12-25(20)2/h3-12,17H,1-2H3,(H,24,26). The molecule has 27 heavy (non-hydrogen) atoms. The summed E-state index contributed by atoms with van der Waals surface area (Å²) in [5, 5.41) is 4.37. The number of aromatic nitrogens is 2. The molecule has 5 nitrogen and oxygen atoms in total. The summed E-state index contributed by atoms with van der Waals surface area (Å²) in [6.07, 6.45) is 3.56. The zero-order valence-electron chi connectivity index (χ0n) is 14.9.